The minimum Gasteiger partial charge on any atom is -0.497 e. The molecule has 0 saturated carbocycles. The van der Waals surface area contributed by atoms with Crippen LogP contribution in [-0.4, -0.2) is 38.8 Å². The maximum absolute atomic E-state index is 5.83. The zero-order valence-corrected chi connectivity index (χ0v) is 13.4. The minimum absolute atomic E-state index is 0.0356. The van der Waals surface area contributed by atoms with Gasteiger partial charge in [-0.15, -0.1) is 0 Å². The van der Waals surface area contributed by atoms with E-state index < -0.39 is 0 Å². The van der Waals surface area contributed by atoms with Crippen LogP contribution in [0, 0.1) is 0 Å². The van der Waals surface area contributed by atoms with Crippen LogP contribution < -0.4 is 20.7 Å². The third kappa shape index (κ3) is 3.23. The van der Waals surface area contributed by atoms with Crippen molar-refractivity contribution in [1.82, 2.24) is 10.3 Å². The zero-order chi connectivity index (χ0) is 15.3. The highest BCUT2D eigenvalue weighted by Crippen LogP contribution is 2.35. The molecule has 0 aliphatic carbocycles. The fraction of sp³-hybridized carbons (Fsp3) is 0.600. The van der Waals surface area contributed by atoms with Crippen molar-refractivity contribution in [3.63, 3.8) is 0 Å². The molecule has 0 radical (unpaired) electrons. The number of likely N-dealkylation sites (N-methyl/N-ethyl adjacent to an activating group) is 1. The number of hydrazine groups is 1. The second kappa shape index (κ2) is 6.92. The summed E-state index contributed by atoms with van der Waals surface area (Å²) >= 11 is 0. The molecule has 1 aromatic rings. The average Bonchev–Trinajstić information content (AvgIpc) is 2.46. The van der Waals surface area contributed by atoms with Gasteiger partial charge in [0, 0.05) is 11.6 Å². The molecule has 3 N–H and O–H groups in total. The minimum atomic E-state index is -0.119. The summed E-state index contributed by atoms with van der Waals surface area (Å²) in [7, 11) is 7.42. The van der Waals surface area contributed by atoms with E-state index in [1.54, 1.807) is 14.2 Å². The Labute approximate surface area is 122 Å². The summed E-state index contributed by atoms with van der Waals surface area (Å²) in [6.07, 6.45) is 0.953. The Balaban J connectivity index is 3.30. The molecule has 20 heavy (non-hydrogen) atoms. The first-order chi connectivity index (χ1) is 9.42. The Kier molecular flexibility index (Phi) is 5.80. The molecule has 2 unspecified atom stereocenters. The lowest BCUT2D eigenvalue weighted by atomic mass is 9.83. The van der Waals surface area contributed by atoms with Crippen molar-refractivity contribution < 1.29 is 9.47 Å². The summed E-state index contributed by atoms with van der Waals surface area (Å²) in [6.45, 7) is 4.34. The first kappa shape index (κ1) is 16.8. The lowest BCUT2D eigenvalue weighted by Gasteiger charge is -2.42. The van der Waals surface area contributed by atoms with Crippen molar-refractivity contribution in [2.45, 2.75) is 31.8 Å². The van der Waals surface area contributed by atoms with Crippen molar-refractivity contribution in [2.75, 3.05) is 28.3 Å². The summed E-state index contributed by atoms with van der Waals surface area (Å²) in [6, 6.07) is 5.80. The van der Waals surface area contributed by atoms with Gasteiger partial charge in [-0.3, -0.25) is 11.3 Å². The Hall–Kier alpha value is -1.30. The van der Waals surface area contributed by atoms with Gasteiger partial charge in [-0.1, -0.05) is 6.92 Å². The summed E-state index contributed by atoms with van der Waals surface area (Å²) in [4.78, 5) is 2.18. The maximum atomic E-state index is 5.83. The molecule has 0 heterocycles. The predicted molar refractivity (Wildman–Crippen MR) is 82.0 cm³/mol. The fourth-order valence-corrected chi connectivity index (χ4v) is 2.41. The Morgan fingerprint density at radius 2 is 1.70 bits per heavy atom. The molecule has 0 amide bonds. The van der Waals surface area contributed by atoms with Crippen LogP contribution in [0.4, 0.5) is 0 Å². The highest BCUT2D eigenvalue weighted by molar-refractivity contribution is 5.40. The predicted octanol–water partition coefficient (Wildman–Crippen LogP) is 1.94. The molecule has 1 aromatic carbocycles. The first-order valence-corrected chi connectivity index (χ1v) is 6.79. The van der Waals surface area contributed by atoms with E-state index in [9.17, 15) is 0 Å². The molecular formula is C15H27N3O2. The van der Waals surface area contributed by atoms with E-state index >= 15 is 0 Å². The monoisotopic (exact) mass is 281 g/mol. The van der Waals surface area contributed by atoms with Crippen molar-refractivity contribution >= 4 is 0 Å². The van der Waals surface area contributed by atoms with Gasteiger partial charge in [0.2, 0.25) is 0 Å². The van der Waals surface area contributed by atoms with Gasteiger partial charge in [0.05, 0.1) is 20.3 Å². The Bertz CT molecular complexity index is 415. The average molecular weight is 281 g/mol. The summed E-state index contributed by atoms with van der Waals surface area (Å²) in [5, 5.41) is 0. The van der Waals surface area contributed by atoms with Crippen LogP contribution in [-0.2, 0) is 0 Å². The van der Waals surface area contributed by atoms with Crippen LogP contribution in [0.3, 0.4) is 0 Å². The van der Waals surface area contributed by atoms with Crippen molar-refractivity contribution in [2.24, 2.45) is 5.84 Å². The van der Waals surface area contributed by atoms with E-state index in [0.717, 1.165) is 23.5 Å². The summed E-state index contributed by atoms with van der Waals surface area (Å²) in [5.74, 6) is 7.35. The first-order valence-electron chi connectivity index (χ1n) is 6.79. The number of methoxy groups -OCH3 is 2. The zero-order valence-electron chi connectivity index (χ0n) is 13.4. The normalized spacial score (nSPS) is 15.8. The summed E-state index contributed by atoms with van der Waals surface area (Å²) < 4.78 is 10.7. The van der Waals surface area contributed by atoms with Gasteiger partial charge < -0.3 is 14.4 Å². The van der Waals surface area contributed by atoms with Crippen LogP contribution in [0.25, 0.3) is 0 Å². The maximum Gasteiger partial charge on any atom is 0.122 e. The van der Waals surface area contributed by atoms with Crippen molar-refractivity contribution in [1.29, 1.82) is 0 Å². The van der Waals surface area contributed by atoms with Crippen molar-refractivity contribution in [3.05, 3.63) is 23.8 Å². The van der Waals surface area contributed by atoms with Gasteiger partial charge >= 0.3 is 0 Å². The third-order valence-electron chi connectivity index (χ3n) is 4.23. The molecule has 5 nitrogen and oxygen atoms in total. The lowest BCUT2D eigenvalue weighted by Crippen LogP contribution is -2.53. The van der Waals surface area contributed by atoms with Gasteiger partial charge in [0.1, 0.15) is 11.5 Å². The molecule has 1 rings (SSSR count). The number of hydrogen-bond donors (Lipinski definition) is 2. The molecule has 0 aliphatic rings. The fourth-order valence-electron chi connectivity index (χ4n) is 2.41. The molecular weight excluding hydrogens is 254 g/mol. The van der Waals surface area contributed by atoms with E-state index in [1.807, 2.05) is 18.2 Å². The number of hydrogen-bond acceptors (Lipinski definition) is 5. The van der Waals surface area contributed by atoms with Crippen LogP contribution in [0.1, 0.15) is 31.9 Å². The van der Waals surface area contributed by atoms with Crippen LogP contribution in [0.15, 0.2) is 18.2 Å². The molecule has 0 aliphatic heterocycles. The molecule has 0 spiro atoms. The molecule has 114 valence electrons. The van der Waals surface area contributed by atoms with Crippen LogP contribution in [0.2, 0.25) is 0 Å². The van der Waals surface area contributed by atoms with E-state index in [-0.39, 0.29) is 11.6 Å². The molecule has 0 saturated heterocycles. The van der Waals surface area contributed by atoms with Gasteiger partial charge in [0.15, 0.2) is 0 Å². The molecule has 0 fully saturated rings. The van der Waals surface area contributed by atoms with Crippen LogP contribution in [0.5, 0.6) is 11.5 Å². The van der Waals surface area contributed by atoms with Crippen LogP contribution >= 0.6 is 0 Å². The standard InChI is InChI=1S/C15H27N3O2/c1-7-15(2,18(3)4)14(17-16)11-8-12(19-5)10-13(9-11)20-6/h8-10,14,17H,7,16H2,1-6H3. The number of benzene rings is 1. The van der Waals surface area contributed by atoms with E-state index in [0.29, 0.717) is 0 Å². The smallest absolute Gasteiger partial charge is 0.122 e. The third-order valence-corrected chi connectivity index (χ3v) is 4.23. The number of nitrogens with zero attached hydrogens (tertiary/aromatic N) is 1. The number of nitrogens with two attached hydrogens (primary N) is 1. The topological polar surface area (TPSA) is 59.8 Å². The molecule has 2 atom stereocenters. The quantitative estimate of drug-likeness (QED) is 0.591. The Morgan fingerprint density at radius 3 is 2.00 bits per heavy atom. The molecule has 5 heteroatoms. The Morgan fingerprint density at radius 1 is 1.20 bits per heavy atom. The second-order valence-electron chi connectivity index (χ2n) is 5.35. The SMILES string of the molecule is CCC(C)(C(NN)c1cc(OC)cc(OC)c1)N(C)C. The van der Waals surface area contributed by atoms with Gasteiger partial charge in [0.25, 0.3) is 0 Å². The number of rotatable bonds is 7. The lowest BCUT2D eigenvalue weighted by molar-refractivity contribution is 0.113. The van der Waals surface area contributed by atoms with E-state index in [1.165, 1.54) is 0 Å². The molecule has 0 bridgehead atoms. The second-order valence-corrected chi connectivity index (χ2v) is 5.35. The van der Waals surface area contributed by atoms with Gasteiger partial charge in [-0.2, -0.15) is 0 Å². The van der Waals surface area contributed by atoms with E-state index in [2.05, 4.69) is 38.3 Å². The van der Waals surface area contributed by atoms with E-state index in [4.69, 9.17) is 15.3 Å². The van der Waals surface area contributed by atoms with Gasteiger partial charge in [-0.05, 0) is 45.1 Å². The van der Waals surface area contributed by atoms with Crippen molar-refractivity contribution in [3.8, 4) is 11.5 Å². The highest BCUT2D eigenvalue weighted by atomic mass is 16.5. The largest absolute Gasteiger partial charge is 0.497 e. The molecule has 0 aromatic heterocycles. The number of nitrogens with one attached hydrogen (secondary N) is 1. The van der Waals surface area contributed by atoms with Gasteiger partial charge in [-0.25, -0.2) is 0 Å². The number of ether oxygens (including phenoxy) is 2. The highest BCUT2D eigenvalue weighted by Gasteiger charge is 2.35. The summed E-state index contributed by atoms with van der Waals surface area (Å²) in [5.41, 5.74) is 3.87.